The number of aliphatic carboxylic acids is 1. The van der Waals surface area contributed by atoms with Crippen LogP contribution in [0.4, 0.5) is 0 Å². The Morgan fingerprint density at radius 1 is 1.17 bits per heavy atom. The summed E-state index contributed by atoms with van der Waals surface area (Å²) in [5.74, 6) is -0.573. The number of halogens is 1. The Kier molecular flexibility index (Phi) is 11.1. The van der Waals surface area contributed by atoms with E-state index in [0.29, 0.717) is 18.9 Å². The maximum atomic E-state index is 11.7. The van der Waals surface area contributed by atoms with E-state index in [0.717, 1.165) is 12.8 Å². The van der Waals surface area contributed by atoms with Crippen molar-refractivity contribution in [2.45, 2.75) is 52.0 Å². The molecule has 0 aromatic heterocycles. The highest BCUT2D eigenvalue weighted by molar-refractivity contribution is 5.85. The van der Waals surface area contributed by atoms with Crippen LogP contribution < -0.4 is 10.6 Å². The topological polar surface area (TPSA) is 78.4 Å². The molecular formula is C18H29ClN2O3. The van der Waals surface area contributed by atoms with Crippen LogP contribution >= 0.6 is 12.4 Å². The van der Waals surface area contributed by atoms with Gasteiger partial charge in [0.25, 0.3) is 0 Å². The average Bonchev–Trinajstić information content (AvgIpc) is 2.51. The van der Waals surface area contributed by atoms with E-state index in [1.807, 2.05) is 6.92 Å². The number of rotatable bonds is 10. The maximum absolute atomic E-state index is 11.7. The minimum absolute atomic E-state index is 0. The molecule has 0 aliphatic carbocycles. The number of hydrogen-bond acceptors (Lipinski definition) is 3. The van der Waals surface area contributed by atoms with Crippen molar-refractivity contribution in [3.05, 3.63) is 35.4 Å². The van der Waals surface area contributed by atoms with E-state index < -0.39 is 12.0 Å². The molecule has 5 nitrogen and oxygen atoms in total. The van der Waals surface area contributed by atoms with Gasteiger partial charge >= 0.3 is 5.97 Å². The number of carboxylic acids is 1. The first-order valence-corrected chi connectivity index (χ1v) is 8.25. The van der Waals surface area contributed by atoms with Crippen LogP contribution in [-0.4, -0.2) is 36.1 Å². The molecule has 1 aromatic carbocycles. The van der Waals surface area contributed by atoms with Gasteiger partial charge in [0, 0.05) is 6.54 Å². The van der Waals surface area contributed by atoms with Gasteiger partial charge in [0.1, 0.15) is 6.04 Å². The summed E-state index contributed by atoms with van der Waals surface area (Å²) in [6.07, 6.45) is 2.05. The molecule has 0 fully saturated rings. The van der Waals surface area contributed by atoms with Gasteiger partial charge in [-0.3, -0.25) is 14.9 Å². The molecule has 24 heavy (non-hydrogen) atoms. The van der Waals surface area contributed by atoms with Gasteiger partial charge < -0.3 is 10.4 Å². The van der Waals surface area contributed by atoms with Crippen LogP contribution in [0.1, 0.15) is 50.7 Å². The molecule has 1 aromatic rings. The molecule has 1 unspecified atom stereocenters. The van der Waals surface area contributed by atoms with E-state index in [-0.39, 0.29) is 24.9 Å². The number of carbonyl (C=O) groups is 2. The van der Waals surface area contributed by atoms with Crippen LogP contribution in [0.25, 0.3) is 0 Å². The molecule has 0 radical (unpaired) electrons. The van der Waals surface area contributed by atoms with E-state index >= 15 is 0 Å². The molecule has 1 atom stereocenters. The molecule has 3 N–H and O–H groups in total. The van der Waals surface area contributed by atoms with Crippen molar-refractivity contribution in [3.8, 4) is 0 Å². The monoisotopic (exact) mass is 356 g/mol. The number of hydrogen-bond donors (Lipinski definition) is 3. The summed E-state index contributed by atoms with van der Waals surface area (Å²) in [6.45, 7) is 6.81. The lowest BCUT2D eigenvalue weighted by molar-refractivity contribution is -0.139. The fraction of sp³-hybridized carbons (Fsp3) is 0.556. The Morgan fingerprint density at radius 2 is 1.79 bits per heavy atom. The fourth-order valence-corrected chi connectivity index (χ4v) is 2.30. The highest BCUT2D eigenvalue weighted by Crippen LogP contribution is 2.14. The van der Waals surface area contributed by atoms with Crippen LogP contribution in [0, 0.1) is 0 Å². The fourth-order valence-electron chi connectivity index (χ4n) is 2.30. The number of amides is 1. The molecular weight excluding hydrogens is 328 g/mol. The summed E-state index contributed by atoms with van der Waals surface area (Å²) in [4.78, 5) is 22.7. The zero-order chi connectivity index (χ0) is 17.2. The number of benzene rings is 1. The molecule has 0 spiro atoms. The van der Waals surface area contributed by atoms with Crippen molar-refractivity contribution >= 4 is 24.3 Å². The largest absolute Gasteiger partial charge is 0.480 e. The smallest absolute Gasteiger partial charge is 0.320 e. The van der Waals surface area contributed by atoms with Crippen molar-refractivity contribution in [1.29, 1.82) is 0 Å². The Balaban J connectivity index is 0.00000529. The van der Waals surface area contributed by atoms with Gasteiger partial charge in [-0.25, -0.2) is 0 Å². The first kappa shape index (κ1) is 22.4. The van der Waals surface area contributed by atoms with Gasteiger partial charge in [-0.05, 0) is 29.9 Å². The van der Waals surface area contributed by atoms with Crippen molar-refractivity contribution in [2.75, 3.05) is 13.1 Å². The molecule has 0 aliphatic heterocycles. The first-order chi connectivity index (χ1) is 10.9. The number of carbonyl (C=O) groups excluding carboxylic acids is 1. The molecule has 0 aliphatic rings. The van der Waals surface area contributed by atoms with Gasteiger partial charge in [0.15, 0.2) is 0 Å². The lowest BCUT2D eigenvalue weighted by Crippen LogP contribution is -2.43. The van der Waals surface area contributed by atoms with Crippen LogP contribution in [-0.2, 0) is 16.0 Å². The molecule has 6 heteroatoms. The Bertz CT molecular complexity index is 503. The van der Waals surface area contributed by atoms with Gasteiger partial charge in [-0.15, -0.1) is 12.4 Å². The van der Waals surface area contributed by atoms with E-state index in [1.54, 1.807) is 0 Å². The van der Waals surface area contributed by atoms with Crippen molar-refractivity contribution in [3.63, 3.8) is 0 Å². The van der Waals surface area contributed by atoms with E-state index in [1.165, 1.54) is 11.1 Å². The third-order valence-corrected chi connectivity index (χ3v) is 3.77. The zero-order valence-electron chi connectivity index (χ0n) is 14.7. The third-order valence-electron chi connectivity index (χ3n) is 3.77. The first-order valence-electron chi connectivity index (χ1n) is 8.25. The summed E-state index contributed by atoms with van der Waals surface area (Å²) < 4.78 is 0. The minimum Gasteiger partial charge on any atom is -0.480 e. The third kappa shape index (κ3) is 8.31. The van der Waals surface area contributed by atoms with Crippen LogP contribution in [0.15, 0.2) is 24.3 Å². The molecule has 136 valence electrons. The highest BCUT2D eigenvalue weighted by Gasteiger charge is 2.16. The molecule has 0 saturated carbocycles. The molecule has 1 rings (SSSR count). The lowest BCUT2D eigenvalue weighted by atomic mass is 10.0. The summed E-state index contributed by atoms with van der Waals surface area (Å²) >= 11 is 0. The maximum Gasteiger partial charge on any atom is 0.320 e. The van der Waals surface area contributed by atoms with E-state index in [9.17, 15) is 9.59 Å². The second-order valence-electron chi connectivity index (χ2n) is 6.06. The predicted octanol–water partition coefficient (Wildman–Crippen LogP) is 2.73. The quantitative estimate of drug-likeness (QED) is 0.602. The summed E-state index contributed by atoms with van der Waals surface area (Å²) in [5, 5.41) is 14.6. The SMILES string of the molecule is CCCC(NCC(=O)NCCc1ccc(C(C)C)cc1)C(=O)O.Cl. The number of nitrogens with one attached hydrogen (secondary N) is 2. The summed E-state index contributed by atoms with van der Waals surface area (Å²) in [6, 6.07) is 7.74. The molecule has 1 amide bonds. The summed E-state index contributed by atoms with van der Waals surface area (Å²) in [7, 11) is 0. The van der Waals surface area contributed by atoms with Crippen molar-refractivity contribution < 1.29 is 14.7 Å². The number of carboxylic acid groups (broad SMARTS) is 1. The Hall–Kier alpha value is -1.59. The van der Waals surface area contributed by atoms with E-state index in [4.69, 9.17) is 5.11 Å². The van der Waals surface area contributed by atoms with Gasteiger partial charge in [-0.1, -0.05) is 51.5 Å². The molecule has 0 saturated heterocycles. The normalized spacial score (nSPS) is 11.7. The van der Waals surface area contributed by atoms with E-state index in [2.05, 4.69) is 48.7 Å². The average molecular weight is 357 g/mol. The van der Waals surface area contributed by atoms with Crippen molar-refractivity contribution in [2.24, 2.45) is 0 Å². The van der Waals surface area contributed by atoms with Gasteiger partial charge in [0.2, 0.25) is 5.91 Å². The Labute approximate surface area is 150 Å². The second-order valence-corrected chi connectivity index (χ2v) is 6.06. The van der Waals surface area contributed by atoms with Crippen LogP contribution in [0.5, 0.6) is 0 Å². The highest BCUT2D eigenvalue weighted by atomic mass is 35.5. The standard InChI is InChI=1S/C18H28N2O3.ClH/c1-4-5-16(18(22)23)20-12-17(21)19-11-10-14-6-8-15(9-7-14)13(2)3;/h6-9,13,16,20H,4-5,10-12H2,1-3H3,(H,19,21)(H,22,23);1H. The Morgan fingerprint density at radius 3 is 2.29 bits per heavy atom. The summed E-state index contributed by atoms with van der Waals surface area (Å²) in [5.41, 5.74) is 2.48. The lowest BCUT2D eigenvalue weighted by Gasteiger charge is -2.13. The van der Waals surface area contributed by atoms with Gasteiger partial charge in [0.05, 0.1) is 6.54 Å². The van der Waals surface area contributed by atoms with Gasteiger partial charge in [-0.2, -0.15) is 0 Å². The second kappa shape index (κ2) is 11.9. The van der Waals surface area contributed by atoms with Crippen molar-refractivity contribution in [1.82, 2.24) is 10.6 Å². The minimum atomic E-state index is -0.912. The molecule has 0 bridgehead atoms. The zero-order valence-corrected chi connectivity index (χ0v) is 15.5. The molecule has 0 heterocycles. The van der Waals surface area contributed by atoms with Crippen LogP contribution in [0.3, 0.4) is 0 Å². The van der Waals surface area contributed by atoms with Crippen LogP contribution in [0.2, 0.25) is 0 Å². The predicted molar refractivity (Wildman–Crippen MR) is 98.8 cm³/mol.